The van der Waals surface area contributed by atoms with E-state index in [1.807, 2.05) is 30.6 Å². The maximum Gasteiger partial charge on any atom is 0.272 e. The standard InChI is InChI=1S/C22H25N5O2/c28-22(24-17-5-9-29-10-6-17)21-19-12-15(3-4-20(19)25-26-21)16-11-18(14-23-13-16)27-7-1-2-8-27/h3-4,11-14,17H,1-2,5-10H2,(H,24,28)(H,25,26). The van der Waals surface area contributed by atoms with E-state index in [9.17, 15) is 4.79 Å². The van der Waals surface area contributed by atoms with Gasteiger partial charge in [-0.05, 0) is 49.4 Å². The van der Waals surface area contributed by atoms with Gasteiger partial charge in [0, 0.05) is 49.5 Å². The summed E-state index contributed by atoms with van der Waals surface area (Å²) in [4.78, 5) is 19.6. The van der Waals surface area contributed by atoms with Crippen LogP contribution in [0.3, 0.4) is 0 Å². The highest BCUT2D eigenvalue weighted by atomic mass is 16.5. The summed E-state index contributed by atoms with van der Waals surface area (Å²) < 4.78 is 5.37. The molecule has 0 saturated carbocycles. The predicted molar refractivity (Wildman–Crippen MR) is 112 cm³/mol. The summed E-state index contributed by atoms with van der Waals surface area (Å²) in [6.45, 7) is 3.55. The van der Waals surface area contributed by atoms with Gasteiger partial charge in [0.2, 0.25) is 0 Å². The Morgan fingerprint density at radius 3 is 2.76 bits per heavy atom. The topological polar surface area (TPSA) is 83.1 Å². The van der Waals surface area contributed by atoms with Gasteiger partial charge >= 0.3 is 0 Å². The molecule has 3 aromatic rings. The first-order valence-electron chi connectivity index (χ1n) is 10.3. The molecule has 29 heavy (non-hydrogen) atoms. The van der Waals surface area contributed by atoms with E-state index < -0.39 is 0 Å². The van der Waals surface area contributed by atoms with Crippen LogP contribution in [0.4, 0.5) is 5.69 Å². The van der Waals surface area contributed by atoms with Crippen molar-refractivity contribution in [1.29, 1.82) is 0 Å². The number of aromatic amines is 1. The molecule has 7 heteroatoms. The smallest absolute Gasteiger partial charge is 0.272 e. The Kier molecular flexibility index (Phi) is 4.89. The molecule has 2 fully saturated rings. The Bertz CT molecular complexity index is 1020. The molecule has 5 rings (SSSR count). The molecule has 0 spiro atoms. The summed E-state index contributed by atoms with van der Waals surface area (Å²) in [6, 6.07) is 8.38. The first-order chi connectivity index (χ1) is 14.3. The van der Waals surface area contributed by atoms with E-state index in [4.69, 9.17) is 4.74 Å². The van der Waals surface area contributed by atoms with Crippen molar-refractivity contribution in [3.63, 3.8) is 0 Å². The number of hydrogen-bond donors (Lipinski definition) is 2. The minimum Gasteiger partial charge on any atom is -0.381 e. The van der Waals surface area contributed by atoms with Gasteiger partial charge in [0.25, 0.3) is 5.91 Å². The minimum atomic E-state index is -0.135. The highest BCUT2D eigenvalue weighted by molar-refractivity contribution is 6.05. The molecule has 1 amide bonds. The average Bonchev–Trinajstić information content (AvgIpc) is 3.44. The van der Waals surface area contributed by atoms with Crippen molar-refractivity contribution < 1.29 is 9.53 Å². The van der Waals surface area contributed by atoms with E-state index in [-0.39, 0.29) is 11.9 Å². The normalized spacial score (nSPS) is 17.7. The number of aromatic nitrogens is 3. The highest BCUT2D eigenvalue weighted by Gasteiger charge is 2.21. The monoisotopic (exact) mass is 391 g/mol. The second-order valence-corrected chi connectivity index (χ2v) is 7.82. The number of benzene rings is 1. The third-order valence-corrected chi connectivity index (χ3v) is 5.86. The highest BCUT2D eigenvalue weighted by Crippen LogP contribution is 2.29. The first-order valence-corrected chi connectivity index (χ1v) is 10.3. The van der Waals surface area contributed by atoms with Gasteiger partial charge in [-0.3, -0.25) is 14.9 Å². The molecule has 4 heterocycles. The van der Waals surface area contributed by atoms with Crippen LogP contribution in [0.2, 0.25) is 0 Å². The number of pyridine rings is 1. The summed E-state index contributed by atoms with van der Waals surface area (Å²) in [6.07, 6.45) is 7.96. The largest absolute Gasteiger partial charge is 0.381 e. The van der Waals surface area contributed by atoms with Crippen LogP contribution in [0, 0.1) is 0 Å². The number of nitrogens with one attached hydrogen (secondary N) is 2. The fraction of sp³-hybridized carbons (Fsp3) is 0.409. The number of hydrogen-bond acceptors (Lipinski definition) is 5. The predicted octanol–water partition coefficient (Wildman–Crippen LogP) is 3.13. The van der Waals surface area contributed by atoms with Crippen LogP contribution in [-0.4, -0.2) is 53.4 Å². The summed E-state index contributed by atoms with van der Waals surface area (Å²) in [5.74, 6) is -0.135. The van der Waals surface area contributed by atoms with Gasteiger partial charge in [0.1, 0.15) is 0 Å². The molecule has 2 aliphatic rings. The molecule has 0 unspecified atom stereocenters. The Morgan fingerprint density at radius 1 is 1.10 bits per heavy atom. The van der Waals surface area contributed by atoms with Crippen molar-refractivity contribution in [3.8, 4) is 11.1 Å². The lowest BCUT2D eigenvalue weighted by Crippen LogP contribution is -2.39. The number of nitrogens with zero attached hydrogens (tertiary/aromatic N) is 3. The maximum atomic E-state index is 12.8. The van der Waals surface area contributed by atoms with Gasteiger partial charge in [0.15, 0.2) is 5.69 Å². The molecule has 150 valence electrons. The number of rotatable bonds is 4. The number of fused-ring (bicyclic) bond motifs is 1. The number of anilines is 1. The van der Waals surface area contributed by atoms with Crippen molar-refractivity contribution >= 4 is 22.5 Å². The molecule has 2 aromatic heterocycles. The van der Waals surface area contributed by atoms with Crippen LogP contribution in [0.1, 0.15) is 36.2 Å². The molecule has 1 aromatic carbocycles. The molecule has 2 saturated heterocycles. The Labute approximate surface area is 169 Å². The van der Waals surface area contributed by atoms with Gasteiger partial charge in [-0.2, -0.15) is 5.10 Å². The zero-order valence-electron chi connectivity index (χ0n) is 16.4. The first kappa shape index (κ1) is 18.1. The van der Waals surface area contributed by atoms with E-state index in [2.05, 4.69) is 31.5 Å². The van der Waals surface area contributed by atoms with E-state index in [1.165, 1.54) is 12.8 Å². The van der Waals surface area contributed by atoms with Crippen molar-refractivity contribution in [1.82, 2.24) is 20.5 Å². The summed E-state index contributed by atoms with van der Waals surface area (Å²) >= 11 is 0. The van der Waals surface area contributed by atoms with Gasteiger partial charge in [0.05, 0.1) is 17.4 Å². The van der Waals surface area contributed by atoms with Crippen LogP contribution in [0.25, 0.3) is 22.0 Å². The molecular weight excluding hydrogens is 366 g/mol. The van der Waals surface area contributed by atoms with E-state index in [1.54, 1.807) is 0 Å². The Hall–Kier alpha value is -2.93. The second kappa shape index (κ2) is 7.83. The average molecular weight is 391 g/mol. The van der Waals surface area contributed by atoms with E-state index >= 15 is 0 Å². The molecule has 2 N–H and O–H groups in total. The molecule has 0 aliphatic carbocycles. The third kappa shape index (κ3) is 3.70. The van der Waals surface area contributed by atoms with E-state index in [0.717, 1.165) is 53.6 Å². The SMILES string of the molecule is O=C(NC1CCOCC1)c1n[nH]c2ccc(-c3cncc(N4CCCC4)c3)cc12. The van der Waals surface area contributed by atoms with Crippen molar-refractivity contribution in [2.24, 2.45) is 0 Å². The summed E-state index contributed by atoms with van der Waals surface area (Å²) in [5, 5.41) is 11.2. The lowest BCUT2D eigenvalue weighted by Gasteiger charge is -2.22. The molecule has 0 radical (unpaired) electrons. The fourth-order valence-corrected chi connectivity index (χ4v) is 4.20. The van der Waals surface area contributed by atoms with Crippen molar-refractivity contribution in [2.45, 2.75) is 31.7 Å². The maximum absolute atomic E-state index is 12.8. The van der Waals surface area contributed by atoms with Crippen LogP contribution in [0.15, 0.2) is 36.7 Å². The lowest BCUT2D eigenvalue weighted by molar-refractivity contribution is 0.0695. The molecular formula is C22H25N5O2. The fourth-order valence-electron chi connectivity index (χ4n) is 4.20. The van der Waals surface area contributed by atoms with Gasteiger partial charge in [-0.1, -0.05) is 6.07 Å². The number of carbonyl (C=O) groups excluding carboxylic acids is 1. The number of amides is 1. The number of carbonyl (C=O) groups is 1. The Morgan fingerprint density at radius 2 is 1.93 bits per heavy atom. The van der Waals surface area contributed by atoms with Gasteiger partial charge in [-0.15, -0.1) is 0 Å². The van der Waals surface area contributed by atoms with Crippen molar-refractivity contribution in [3.05, 3.63) is 42.4 Å². The van der Waals surface area contributed by atoms with Crippen LogP contribution < -0.4 is 10.2 Å². The zero-order chi connectivity index (χ0) is 19.6. The molecule has 0 atom stereocenters. The molecule has 0 bridgehead atoms. The van der Waals surface area contributed by atoms with Gasteiger partial charge < -0.3 is 15.0 Å². The van der Waals surface area contributed by atoms with Crippen LogP contribution >= 0.6 is 0 Å². The second-order valence-electron chi connectivity index (χ2n) is 7.82. The molecule has 2 aliphatic heterocycles. The number of H-pyrrole nitrogens is 1. The third-order valence-electron chi connectivity index (χ3n) is 5.86. The quantitative estimate of drug-likeness (QED) is 0.714. The van der Waals surface area contributed by atoms with Gasteiger partial charge in [-0.25, -0.2) is 0 Å². The van der Waals surface area contributed by atoms with Crippen LogP contribution in [0.5, 0.6) is 0 Å². The number of ether oxygens (including phenoxy) is 1. The molecule has 7 nitrogen and oxygen atoms in total. The lowest BCUT2D eigenvalue weighted by atomic mass is 10.0. The Balaban J connectivity index is 1.43. The van der Waals surface area contributed by atoms with Crippen molar-refractivity contribution in [2.75, 3.05) is 31.2 Å². The van der Waals surface area contributed by atoms with E-state index in [0.29, 0.717) is 18.9 Å². The minimum absolute atomic E-state index is 0.135. The summed E-state index contributed by atoms with van der Waals surface area (Å²) in [5.41, 5.74) is 4.54. The van der Waals surface area contributed by atoms with Crippen LogP contribution in [-0.2, 0) is 4.74 Å². The zero-order valence-corrected chi connectivity index (χ0v) is 16.4. The summed E-state index contributed by atoms with van der Waals surface area (Å²) in [7, 11) is 0.